The lowest BCUT2D eigenvalue weighted by atomic mass is 10.0. The Morgan fingerprint density at radius 3 is 2.65 bits per heavy atom. The average molecular weight is 359 g/mol. The molecule has 2 aromatic rings. The maximum atomic E-state index is 12.6. The second kappa shape index (κ2) is 7.55. The van der Waals surface area contributed by atoms with Crippen LogP contribution in [0.1, 0.15) is 42.3 Å². The molecule has 1 saturated heterocycles. The van der Waals surface area contributed by atoms with E-state index >= 15 is 0 Å². The summed E-state index contributed by atoms with van der Waals surface area (Å²) in [5.41, 5.74) is 0.503. The van der Waals surface area contributed by atoms with Crippen LogP contribution < -0.4 is 4.74 Å². The number of aromatic nitrogens is 2. The van der Waals surface area contributed by atoms with Crippen molar-refractivity contribution in [3.05, 3.63) is 41.5 Å². The third kappa shape index (κ3) is 3.68. The van der Waals surface area contributed by atoms with Crippen LogP contribution in [0.4, 0.5) is 0 Å². The second-order valence-electron chi connectivity index (χ2n) is 6.24. The third-order valence-electron chi connectivity index (χ3n) is 4.61. The van der Waals surface area contributed by atoms with Crippen LogP contribution in [0.2, 0.25) is 0 Å². The maximum Gasteiger partial charge on any atom is 0.308 e. The lowest BCUT2D eigenvalue weighted by molar-refractivity contribution is -0.142. The number of rotatable bonds is 6. The molecule has 1 aromatic heterocycles. The molecule has 2 heterocycles. The molecule has 138 valence electrons. The zero-order valence-electron chi connectivity index (χ0n) is 14.7. The van der Waals surface area contributed by atoms with Gasteiger partial charge in [0.15, 0.2) is 6.61 Å². The number of ether oxygens (including phenoxy) is 1. The first-order valence-electron chi connectivity index (χ1n) is 8.57. The molecule has 1 amide bonds. The highest BCUT2D eigenvalue weighted by molar-refractivity contribution is 5.95. The minimum Gasteiger partial charge on any atom is -0.485 e. The van der Waals surface area contributed by atoms with Gasteiger partial charge in [-0.15, -0.1) is 0 Å². The highest BCUT2D eigenvalue weighted by Crippen LogP contribution is 2.26. The Morgan fingerprint density at radius 1 is 1.35 bits per heavy atom. The molecule has 8 heteroatoms. The van der Waals surface area contributed by atoms with Crippen LogP contribution in [0.25, 0.3) is 0 Å². The minimum atomic E-state index is -0.857. The van der Waals surface area contributed by atoms with E-state index in [1.807, 2.05) is 6.92 Å². The van der Waals surface area contributed by atoms with E-state index in [2.05, 4.69) is 10.1 Å². The van der Waals surface area contributed by atoms with Crippen LogP contribution in [0.5, 0.6) is 5.75 Å². The van der Waals surface area contributed by atoms with E-state index < -0.39 is 11.9 Å². The summed E-state index contributed by atoms with van der Waals surface area (Å²) >= 11 is 0. The number of carboxylic acid groups (broad SMARTS) is 1. The number of hydrogen-bond donors (Lipinski definition) is 1. The van der Waals surface area contributed by atoms with Gasteiger partial charge in [0.1, 0.15) is 5.75 Å². The van der Waals surface area contributed by atoms with Gasteiger partial charge in [-0.25, -0.2) is 0 Å². The van der Waals surface area contributed by atoms with Gasteiger partial charge in [0.05, 0.1) is 5.92 Å². The highest BCUT2D eigenvalue weighted by atomic mass is 16.5. The molecule has 1 aliphatic rings. The molecular formula is C18H21N3O5. The van der Waals surface area contributed by atoms with E-state index in [0.717, 1.165) is 0 Å². The number of aliphatic carboxylic acids is 1. The van der Waals surface area contributed by atoms with Crippen molar-refractivity contribution in [3.8, 4) is 5.75 Å². The summed E-state index contributed by atoms with van der Waals surface area (Å²) in [7, 11) is 0. The topological polar surface area (TPSA) is 106 Å². The SMILES string of the molecule is CCc1nc(COc2ccc(C(=O)N3CCC(C(=O)O)C3C)cc2)no1. The van der Waals surface area contributed by atoms with E-state index in [4.69, 9.17) is 9.26 Å². The maximum absolute atomic E-state index is 12.6. The number of hydrogen-bond acceptors (Lipinski definition) is 6. The molecule has 1 aliphatic heterocycles. The molecule has 8 nitrogen and oxygen atoms in total. The van der Waals surface area contributed by atoms with E-state index in [0.29, 0.717) is 42.4 Å². The van der Waals surface area contributed by atoms with Crippen LogP contribution in [0.3, 0.4) is 0 Å². The zero-order chi connectivity index (χ0) is 18.7. The van der Waals surface area contributed by atoms with E-state index in [9.17, 15) is 14.7 Å². The first kappa shape index (κ1) is 17.9. The second-order valence-corrected chi connectivity index (χ2v) is 6.24. The van der Waals surface area contributed by atoms with Gasteiger partial charge in [0.2, 0.25) is 11.7 Å². The van der Waals surface area contributed by atoms with Gasteiger partial charge in [0, 0.05) is 24.6 Å². The van der Waals surface area contributed by atoms with Gasteiger partial charge < -0.3 is 19.3 Å². The predicted octanol–water partition coefficient (Wildman–Crippen LogP) is 2.15. The summed E-state index contributed by atoms with van der Waals surface area (Å²) in [6.45, 7) is 4.33. The van der Waals surface area contributed by atoms with Crippen LogP contribution in [-0.4, -0.2) is 44.6 Å². The molecule has 2 atom stereocenters. The molecule has 0 saturated carbocycles. The molecule has 26 heavy (non-hydrogen) atoms. The van der Waals surface area contributed by atoms with Gasteiger partial charge in [-0.2, -0.15) is 4.98 Å². The fourth-order valence-electron chi connectivity index (χ4n) is 3.06. The van der Waals surface area contributed by atoms with Crippen molar-refractivity contribution < 1.29 is 24.0 Å². The van der Waals surface area contributed by atoms with Gasteiger partial charge in [-0.1, -0.05) is 12.1 Å². The number of benzene rings is 1. The Kier molecular flexibility index (Phi) is 5.20. The summed E-state index contributed by atoms with van der Waals surface area (Å²) in [4.78, 5) is 29.6. The van der Waals surface area contributed by atoms with Crippen molar-refractivity contribution in [2.45, 2.75) is 39.3 Å². The van der Waals surface area contributed by atoms with Crippen molar-refractivity contribution in [2.24, 2.45) is 5.92 Å². The summed E-state index contributed by atoms with van der Waals surface area (Å²) in [6.07, 6.45) is 1.15. The van der Waals surface area contributed by atoms with Crippen molar-refractivity contribution in [2.75, 3.05) is 6.54 Å². The molecule has 0 aliphatic carbocycles. The minimum absolute atomic E-state index is 0.168. The highest BCUT2D eigenvalue weighted by Gasteiger charge is 2.38. The van der Waals surface area contributed by atoms with E-state index in [-0.39, 0.29) is 18.6 Å². The monoisotopic (exact) mass is 359 g/mol. The van der Waals surface area contributed by atoms with Crippen LogP contribution in [0, 0.1) is 5.92 Å². The lowest BCUT2D eigenvalue weighted by Gasteiger charge is -2.23. The van der Waals surface area contributed by atoms with Gasteiger partial charge in [0.25, 0.3) is 5.91 Å². The molecule has 1 N–H and O–H groups in total. The first-order chi connectivity index (χ1) is 12.5. The smallest absolute Gasteiger partial charge is 0.308 e. The molecule has 0 radical (unpaired) electrons. The van der Waals surface area contributed by atoms with Crippen LogP contribution in [-0.2, 0) is 17.8 Å². The third-order valence-corrected chi connectivity index (χ3v) is 4.61. The Morgan fingerprint density at radius 2 is 2.08 bits per heavy atom. The number of carbonyl (C=O) groups is 2. The zero-order valence-corrected chi connectivity index (χ0v) is 14.7. The lowest BCUT2D eigenvalue weighted by Crippen LogP contribution is -2.37. The summed E-state index contributed by atoms with van der Waals surface area (Å²) in [6, 6.07) is 6.42. The molecule has 1 fully saturated rings. The molecule has 1 aromatic carbocycles. The fraction of sp³-hybridized carbons (Fsp3) is 0.444. The van der Waals surface area contributed by atoms with E-state index in [1.54, 1.807) is 36.1 Å². The normalized spacial score (nSPS) is 19.5. The van der Waals surface area contributed by atoms with Gasteiger partial charge >= 0.3 is 5.97 Å². The Hall–Kier alpha value is -2.90. The summed E-state index contributed by atoms with van der Waals surface area (Å²) in [5.74, 6) is 0.0751. The predicted molar refractivity (Wildman–Crippen MR) is 90.7 cm³/mol. The standard InChI is InChI=1S/C18H21N3O5/c1-3-16-19-15(20-26-16)10-25-13-6-4-12(5-7-13)17(22)21-9-8-14(11(21)2)18(23)24/h4-7,11,14H,3,8-10H2,1-2H3,(H,23,24). The quantitative estimate of drug-likeness (QED) is 0.842. The van der Waals surface area contributed by atoms with Crippen molar-refractivity contribution in [3.63, 3.8) is 0 Å². The molecule has 3 rings (SSSR count). The number of nitrogens with zero attached hydrogens (tertiary/aromatic N) is 3. The fourth-order valence-corrected chi connectivity index (χ4v) is 3.06. The number of aryl methyl sites for hydroxylation is 1. The largest absolute Gasteiger partial charge is 0.485 e. The van der Waals surface area contributed by atoms with Crippen molar-refractivity contribution >= 4 is 11.9 Å². The first-order valence-corrected chi connectivity index (χ1v) is 8.57. The number of likely N-dealkylation sites (tertiary alicyclic amines) is 1. The Balaban J connectivity index is 1.60. The van der Waals surface area contributed by atoms with Crippen LogP contribution in [0.15, 0.2) is 28.8 Å². The van der Waals surface area contributed by atoms with Crippen LogP contribution >= 0.6 is 0 Å². The number of carbonyl (C=O) groups excluding carboxylic acids is 1. The van der Waals surface area contributed by atoms with E-state index in [1.165, 1.54) is 0 Å². The molecular weight excluding hydrogens is 338 g/mol. The van der Waals surface area contributed by atoms with Gasteiger partial charge in [-0.3, -0.25) is 9.59 Å². The number of amides is 1. The Bertz CT molecular complexity index is 786. The molecule has 0 spiro atoms. The van der Waals surface area contributed by atoms with Gasteiger partial charge in [-0.05, 0) is 37.6 Å². The Labute approximate surface area is 150 Å². The molecule has 2 unspecified atom stereocenters. The average Bonchev–Trinajstić information content (AvgIpc) is 3.26. The summed E-state index contributed by atoms with van der Waals surface area (Å²) < 4.78 is 10.6. The molecule has 0 bridgehead atoms. The summed E-state index contributed by atoms with van der Waals surface area (Å²) in [5, 5.41) is 13.0. The number of carboxylic acids is 1. The van der Waals surface area contributed by atoms with Crippen molar-refractivity contribution in [1.29, 1.82) is 0 Å². The van der Waals surface area contributed by atoms with Crippen molar-refractivity contribution in [1.82, 2.24) is 15.0 Å².